The first kappa shape index (κ1) is 35.9. The summed E-state index contributed by atoms with van der Waals surface area (Å²) in [6.45, 7) is 15.4. The molecule has 2 aliphatic carbocycles. The van der Waals surface area contributed by atoms with Crippen molar-refractivity contribution in [2.45, 2.75) is 52.4 Å². The van der Waals surface area contributed by atoms with Gasteiger partial charge in [-0.05, 0) is 74.2 Å². The quantitative estimate of drug-likeness (QED) is 0.0820. The Balaban J connectivity index is 1.42. The summed E-state index contributed by atoms with van der Waals surface area (Å²) in [7, 11) is 0. The molecule has 0 heterocycles. The molecule has 0 spiro atoms. The molecule has 10 nitrogen and oxygen atoms in total. The number of benzene rings is 3. The number of esters is 4. The van der Waals surface area contributed by atoms with Gasteiger partial charge in [0.2, 0.25) is 0 Å². The van der Waals surface area contributed by atoms with Gasteiger partial charge in [0.1, 0.15) is 23.0 Å². The SMILES string of the molecule is C=C(Oc1ccc(OC(=C)C2c3ccccc3CC2(C(=O)OCC)C(=O)OCC)cc1)C1c2ccccc2CC1(C(=O)OCC)C(=O)OCC. The van der Waals surface area contributed by atoms with Crippen LogP contribution in [0, 0.1) is 10.8 Å². The predicted octanol–water partition coefficient (Wildman–Crippen LogP) is 6.38. The van der Waals surface area contributed by atoms with E-state index in [2.05, 4.69) is 13.2 Å². The van der Waals surface area contributed by atoms with Crippen molar-refractivity contribution in [3.8, 4) is 11.5 Å². The van der Waals surface area contributed by atoms with Crippen molar-refractivity contribution in [2.24, 2.45) is 10.8 Å². The van der Waals surface area contributed by atoms with E-state index in [1.807, 2.05) is 48.5 Å². The highest BCUT2D eigenvalue weighted by Crippen LogP contribution is 2.54. The summed E-state index contributed by atoms with van der Waals surface area (Å²) in [6.07, 6.45) is 0.151. The molecule has 0 saturated carbocycles. The van der Waals surface area contributed by atoms with E-state index < -0.39 is 46.5 Å². The first-order chi connectivity index (χ1) is 24.1. The highest BCUT2D eigenvalue weighted by Gasteiger charge is 2.62. The van der Waals surface area contributed by atoms with Crippen molar-refractivity contribution in [3.63, 3.8) is 0 Å². The summed E-state index contributed by atoms with van der Waals surface area (Å²) < 4.78 is 34.1. The molecule has 2 unspecified atom stereocenters. The van der Waals surface area contributed by atoms with Gasteiger partial charge in [-0.25, -0.2) is 0 Å². The molecule has 0 bridgehead atoms. The van der Waals surface area contributed by atoms with Crippen LogP contribution in [0.4, 0.5) is 0 Å². The van der Waals surface area contributed by atoms with Crippen LogP contribution in [-0.4, -0.2) is 50.3 Å². The maximum absolute atomic E-state index is 13.6. The Kier molecular flexibility index (Phi) is 10.8. The van der Waals surface area contributed by atoms with Gasteiger partial charge in [0, 0.05) is 12.8 Å². The Morgan fingerprint density at radius 1 is 0.540 bits per heavy atom. The second-order valence-electron chi connectivity index (χ2n) is 12.0. The van der Waals surface area contributed by atoms with Crippen molar-refractivity contribution in [3.05, 3.63) is 120 Å². The molecule has 0 N–H and O–H groups in total. The van der Waals surface area contributed by atoms with Crippen LogP contribution in [-0.2, 0) is 51.0 Å². The second-order valence-corrected chi connectivity index (χ2v) is 12.0. The predicted molar refractivity (Wildman–Crippen MR) is 183 cm³/mol. The molecule has 0 amide bonds. The lowest BCUT2D eigenvalue weighted by Crippen LogP contribution is -2.46. The molecule has 3 aromatic carbocycles. The monoisotopic (exact) mass is 682 g/mol. The van der Waals surface area contributed by atoms with Crippen molar-refractivity contribution < 1.29 is 47.6 Å². The van der Waals surface area contributed by atoms with Crippen LogP contribution in [0.2, 0.25) is 0 Å². The molecule has 0 radical (unpaired) electrons. The third-order valence-corrected chi connectivity index (χ3v) is 9.18. The van der Waals surface area contributed by atoms with Crippen molar-refractivity contribution in [1.82, 2.24) is 0 Å². The van der Waals surface area contributed by atoms with Crippen LogP contribution >= 0.6 is 0 Å². The topological polar surface area (TPSA) is 124 Å². The fourth-order valence-electron chi connectivity index (χ4n) is 7.15. The Bertz CT molecular complexity index is 1620. The first-order valence-electron chi connectivity index (χ1n) is 16.8. The molecule has 0 saturated heterocycles. The standard InChI is InChI=1S/C40H42O10/c1-7-45-35(41)39(36(42)46-8-2)23-27-15-11-13-17-31(27)33(39)25(5)49-29-19-21-30(22-20-29)50-26(6)34-32-18-14-12-16-28(32)24-40(34,37(43)47-9-3)38(44)48-10-4/h11-22,33-34H,5-10,23-24H2,1-4H3. The van der Waals surface area contributed by atoms with Crippen LogP contribution in [0.25, 0.3) is 0 Å². The minimum Gasteiger partial charge on any atom is -0.465 e. The third-order valence-electron chi connectivity index (χ3n) is 9.18. The van der Waals surface area contributed by atoms with Crippen molar-refractivity contribution in [1.29, 1.82) is 0 Å². The lowest BCUT2D eigenvalue weighted by molar-refractivity contribution is -0.174. The van der Waals surface area contributed by atoms with E-state index in [1.165, 1.54) is 0 Å². The van der Waals surface area contributed by atoms with Gasteiger partial charge < -0.3 is 28.4 Å². The average Bonchev–Trinajstić information content (AvgIpc) is 3.65. The summed E-state index contributed by atoms with van der Waals surface area (Å²) in [4.78, 5) is 54.2. The average molecular weight is 683 g/mol. The molecule has 2 aliphatic rings. The van der Waals surface area contributed by atoms with Gasteiger partial charge in [0.15, 0.2) is 10.8 Å². The number of allylic oxidation sites excluding steroid dienone is 2. The van der Waals surface area contributed by atoms with Crippen LogP contribution in [0.1, 0.15) is 61.8 Å². The Labute approximate surface area is 292 Å². The molecular formula is C40H42O10. The number of hydrogen-bond acceptors (Lipinski definition) is 10. The van der Waals surface area contributed by atoms with Gasteiger partial charge >= 0.3 is 23.9 Å². The van der Waals surface area contributed by atoms with E-state index in [0.29, 0.717) is 11.5 Å². The normalized spacial score (nSPS) is 17.8. The summed E-state index contributed by atoms with van der Waals surface area (Å²) in [6, 6.07) is 21.3. The molecule has 5 rings (SSSR count). The van der Waals surface area contributed by atoms with Gasteiger partial charge in [0.25, 0.3) is 0 Å². The molecule has 0 aromatic heterocycles. The zero-order valence-electron chi connectivity index (χ0n) is 28.8. The largest absolute Gasteiger partial charge is 0.465 e. The number of fused-ring (bicyclic) bond motifs is 2. The summed E-state index contributed by atoms with van der Waals surface area (Å²) in [5.41, 5.74) is -0.399. The van der Waals surface area contributed by atoms with Gasteiger partial charge in [-0.1, -0.05) is 61.7 Å². The molecule has 3 aromatic rings. The molecule has 50 heavy (non-hydrogen) atoms. The van der Waals surface area contributed by atoms with E-state index >= 15 is 0 Å². The van der Waals surface area contributed by atoms with Crippen LogP contribution in [0.3, 0.4) is 0 Å². The van der Waals surface area contributed by atoms with Crippen LogP contribution < -0.4 is 9.47 Å². The van der Waals surface area contributed by atoms with E-state index in [4.69, 9.17) is 28.4 Å². The molecule has 2 atom stereocenters. The van der Waals surface area contributed by atoms with Gasteiger partial charge in [-0.15, -0.1) is 0 Å². The van der Waals surface area contributed by atoms with Crippen LogP contribution in [0.5, 0.6) is 11.5 Å². The van der Waals surface area contributed by atoms with Gasteiger partial charge in [-0.2, -0.15) is 0 Å². The minimum absolute atomic E-state index is 0.0756. The fraction of sp³-hybridized carbons (Fsp3) is 0.350. The third kappa shape index (κ3) is 6.26. The molecular weight excluding hydrogens is 640 g/mol. The smallest absolute Gasteiger partial charge is 0.324 e. The van der Waals surface area contributed by atoms with E-state index in [9.17, 15) is 19.2 Å². The number of rotatable bonds is 14. The molecule has 0 fully saturated rings. The Morgan fingerprint density at radius 2 is 0.840 bits per heavy atom. The maximum Gasteiger partial charge on any atom is 0.324 e. The fourth-order valence-corrected chi connectivity index (χ4v) is 7.15. The lowest BCUT2D eigenvalue weighted by atomic mass is 9.74. The van der Waals surface area contributed by atoms with Crippen LogP contribution in [0.15, 0.2) is 97.5 Å². The zero-order chi connectivity index (χ0) is 36.1. The Morgan fingerprint density at radius 3 is 1.14 bits per heavy atom. The second kappa shape index (κ2) is 15.0. The highest BCUT2D eigenvalue weighted by atomic mass is 16.6. The van der Waals surface area contributed by atoms with E-state index in [1.54, 1.807) is 52.0 Å². The zero-order valence-corrected chi connectivity index (χ0v) is 28.8. The van der Waals surface area contributed by atoms with Gasteiger partial charge in [0.05, 0.1) is 38.3 Å². The maximum atomic E-state index is 13.6. The number of hydrogen-bond donors (Lipinski definition) is 0. The summed E-state index contributed by atoms with van der Waals surface area (Å²) in [5, 5.41) is 0. The van der Waals surface area contributed by atoms with Crippen molar-refractivity contribution in [2.75, 3.05) is 26.4 Å². The highest BCUT2D eigenvalue weighted by molar-refractivity contribution is 6.04. The summed E-state index contributed by atoms with van der Waals surface area (Å²) in [5.74, 6) is -3.55. The molecule has 262 valence electrons. The Hall–Kier alpha value is -5.38. The van der Waals surface area contributed by atoms with Crippen molar-refractivity contribution >= 4 is 23.9 Å². The van der Waals surface area contributed by atoms with E-state index in [0.717, 1.165) is 22.3 Å². The number of carbonyl (C=O) groups excluding carboxylic acids is 4. The summed E-state index contributed by atoms with van der Waals surface area (Å²) >= 11 is 0. The molecule has 10 heteroatoms. The number of carbonyl (C=O) groups is 4. The lowest BCUT2D eigenvalue weighted by Gasteiger charge is -2.32. The first-order valence-corrected chi connectivity index (χ1v) is 16.8. The molecule has 0 aliphatic heterocycles. The number of ether oxygens (including phenoxy) is 6. The van der Waals surface area contributed by atoms with E-state index in [-0.39, 0.29) is 50.8 Å². The minimum atomic E-state index is -1.71. The van der Waals surface area contributed by atoms with Gasteiger partial charge in [-0.3, -0.25) is 19.2 Å².